The molecule has 0 aromatic heterocycles. The van der Waals surface area contributed by atoms with Gasteiger partial charge in [-0.3, -0.25) is 9.59 Å². The molecule has 0 fully saturated rings. The molecule has 6 heteroatoms. The van der Waals surface area contributed by atoms with E-state index in [4.69, 9.17) is 4.74 Å². The van der Waals surface area contributed by atoms with Crippen LogP contribution in [-0.4, -0.2) is 47.4 Å². The number of carbonyl (C=O) groups is 2. The van der Waals surface area contributed by atoms with Gasteiger partial charge in [0.15, 0.2) is 0 Å². The van der Waals surface area contributed by atoms with Gasteiger partial charge in [0, 0.05) is 12.8 Å². The molecule has 2 unspecified atom stereocenters. The summed E-state index contributed by atoms with van der Waals surface area (Å²) in [6.45, 7) is 4.94. The third kappa shape index (κ3) is 65.4. The lowest BCUT2D eigenvalue weighted by atomic mass is 10.0. The highest BCUT2D eigenvalue weighted by molar-refractivity contribution is 5.76. The highest BCUT2D eigenvalue weighted by Crippen LogP contribution is 2.19. The van der Waals surface area contributed by atoms with Crippen molar-refractivity contribution in [3.05, 3.63) is 24.3 Å². The molecule has 1 amide bonds. The van der Waals surface area contributed by atoms with Gasteiger partial charge in [-0.05, 0) is 57.8 Å². The molecule has 0 saturated carbocycles. The maximum absolute atomic E-state index is 12.5. The highest BCUT2D eigenvalue weighted by atomic mass is 16.5. The van der Waals surface area contributed by atoms with E-state index in [2.05, 4.69) is 31.3 Å². The maximum Gasteiger partial charge on any atom is 0.305 e. The summed E-state index contributed by atoms with van der Waals surface area (Å²) in [5.41, 5.74) is 0. The van der Waals surface area contributed by atoms with E-state index in [0.29, 0.717) is 19.4 Å². The van der Waals surface area contributed by atoms with E-state index >= 15 is 0 Å². The number of nitrogens with one attached hydrogen (secondary N) is 1. The predicted molar refractivity (Wildman–Crippen MR) is 347 cm³/mol. The van der Waals surface area contributed by atoms with Crippen molar-refractivity contribution in [1.82, 2.24) is 5.32 Å². The Hall–Kier alpha value is -1.66. The van der Waals surface area contributed by atoms with E-state index < -0.39 is 12.1 Å². The first kappa shape index (κ1) is 77.3. The van der Waals surface area contributed by atoms with Crippen molar-refractivity contribution >= 4 is 11.9 Å². The fourth-order valence-electron chi connectivity index (χ4n) is 11.5. The highest BCUT2D eigenvalue weighted by Gasteiger charge is 2.18. The molecule has 0 radical (unpaired) electrons. The summed E-state index contributed by atoms with van der Waals surface area (Å²) in [5.74, 6) is -0.0547. The van der Waals surface area contributed by atoms with Crippen LogP contribution in [0.25, 0.3) is 0 Å². The lowest BCUT2D eigenvalue weighted by molar-refractivity contribution is -0.143. The molecule has 0 aliphatic heterocycles. The molecule has 3 N–H and O–H groups in total. The van der Waals surface area contributed by atoms with E-state index in [9.17, 15) is 19.8 Å². The molecule has 0 aliphatic rings. The molecule has 0 aliphatic carbocycles. The van der Waals surface area contributed by atoms with Gasteiger partial charge in [-0.1, -0.05) is 359 Å². The Labute approximate surface area is 494 Å². The summed E-state index contributed by atoms with van der Waals surface area (Å²) < 4.78 is 5.51. The van der Waals surface area contributed by atoms with E-state index in [0.717, 1.165) is 44.9 Å². The molecule has 0 saturated heterocycles. The molecule has 0 bridgehead atoms. The van der Waals surface area contributed by atoms with Crippen LogP contribution in [0.2, 0.25) is 0 Å². The lowest BCUT2D eigenvalue weighted by Gasteiger charge is -2.20. The van der Waals surface area contributed by atoms with Crippen molar-refractivity contribution in [3.8, 4) is 0 Å². The SMILES string of the molecule is CCCCCCCC/C=C\CCCCCCCCCCCC(=O)OCCCCCCCCCCCCCCCCCCCCCCC(=O)NC(CO)C(O)/C=C/CCCCCCCCCCCCCCCCCCCCCCC. The summed E-state index contributed by atoms with van der Waals surface area (Å²) in [6, 6.07) is -0.631. The van der Waals surface area contributed by atoms with Crippen LogP contribution in [0.1, 0.15) is 406 Å². The fraction of sp³-hybridized carbons (Fsp3) is 0.918. The van der Waals surface area contributed by atoms with Gasteiger partial charge in [0.1, 0.15) is 0 Å². The quantitative estimate of drug-likeness (QED) is 0.0320. The number of aliphatic hydroxyl groups excluding tert-OH is 2. The molecule has 0 heterocycles. The monoisotopic (exact) mass is 1110 g/mol. The van der Waals surface area contributed by atoms with Gasteiger partial charge in [0.25, 0.3) is 0 Å². The second-order valence-electron chi connectivity index (χ2n) is 24.9. The number of amides is 1. The number of carbonyl (C=O) groups excluding carboxylic acids is 2. The normalized spacial score (nSPS) is 12.6. The standard InChI is InChI=1S/C73H141NO5/c1-3-5-7-9-11-13-15-17-19-21-23-24-25-26-30-33-37-41-45-49-53-57-61-65-71(76)70(69-75)74-72(77)66-62-58-54-50-46-42-38-34-31-27-28-32-36-40-44-48-52-56-60-64-68-79-73(78)67-63-59-55-51-47-43-39-35-29-22-20-18-16-14-12-10-8-6-4-2/h18,20,61,65,70-71,75-76H,3-17,19,21-60,62-64,66-69H2,1-2H3,(H,74,77)/b20-18-,65-61+. The summed E-state index contributed by atoms with van der Waals surface area (Å²) in [4.78, 5) is 24.7. The first-order valence-corrected chi connectivity index (χ1v) is 36.1. The van der Waals surface area contributed by atoms with E-state index in [1.807, 2.05) is 6.08 Å². The van der Waals surface area contributed by atoms with Crippen LogP contribution >= 0.6 is 0 Å². The Morgan fingerprint density at radius 1 is 0.342 bits per heavy atom. The van der Waals surface area contributed by atoms with Gasteiger partial charge in [-0.25, -0.2) is 0 Å². The predicted octanol–water partition coefficient (Wildman–Crippen LogP) is 23.3. The number of allylic oxidation sites excluding steroid dienone is 3. The molecule has 0 rings (SSSR count). The number of esters is 1. The van der Waals surface area contributed by atoms with Crippen LogP contribution in [0.3, 0.4) is 0 Å². The topological polar surface area (TPSA) is 95.9 Å². The van der Waals surface area contributed by atoms with Crippen LogP contribution in [0, 0.1) is 0 Å². The Bertz CT molecular complexity index is 1230. The molecule has 0 aromatic carbocycles. The lowest BCUT2D eigenvalue weighted by Crippen LogP contribution is -2.45. The zero-order chi connectivity index (χ0) is 57.1. The van der Waals surface area contributed by atoms with Crippen molar-refractivity contribution in [2.45, 2.75) is 418 Å². The number of hydrogen-bond donors (Lipinski definition) is 3. The molecule has 79 heavy (non-hydrogen) atoms. The van der Waals surface area contributed by atoms with E-state index in [1.165, 1.54) is 334 Å². The minimum atomic E-state index is -0.847. The van der Waals surface area contributed by atoms with Crippen LogP contribution in [0.4, 0.5) is 0 Å². The van der Waals surface area contributed by atoms with Crippen LogP contribution in [0.5, 0.6) is 0 Å². The fourth-order valence-corrected chi connectivity index (χ4v) is 11.5. The van der Waals surface area contributed by atoms with E-state index in [-0.39, 0.29) is 18.5 Å². The third-order valence-corrected chi connectivity index (χ3v) is 17.0. The van der Waals surface area contributed by atoms with Crippen LogP contribution in [0.15, 0.2) is 24.3 Å². The zero-order valence-corrected chi connectivity index (χ0v) is 53.6. The second kappa shape index (κ2) is 68.8. The van der Waals surface area contributed by atoms with Crippen molar-refractivity contribution in [2.24, 2.45) is 0 Å². The molecule has 2 atom stereocenters. The van der Waals surface area contributed by atoms with Gasteiger partial charge in [-0.2, -0.15) is 0 Å². The first-order valence-electron chi connectivity index (χ1n) is 36.1. The minimum absolute atomic E-state index is 0.0106. The Kier molecular flexibility index (Phi) is 67.4. The van der Waals surface area contributed by atoms with Crippen molar-refractivity contribution in [2.75, 3.05) is 13.2 Å². The Morgan fingerprint density at radius 2 is 0.595 bits per heavy atom. The molecule has 6 nitrogen and oxygen atoms in total. The summed E-state index contributed by atoms with van der Waals surface area (Å²) in [7, 11) is 0. The van der Waals surface area contributed by atoms with Gasteiger partial charge in [-0.15, -0.1) is 0 Å². The van der Waals surface area contributed by atoms with Crippen molar-refractivity contribution in [3.63, 3.8) is 0 Å². The van der Waals surface area contributed by atoms with Gasteiger partial charge in [0.05, 0.1) is 25.4 Å². The van der Waals surface area contributed by atoms with Crippen LogP contribution < -0.4 is 5.32 Å². The molecular formula is C73H141NO5. The third-order valence-electron chi connectivity index (χ3n) is 17.0. The molecule has 468 valence electrons. The average molecular weight is 1110 g/mol. The zero-order valence-electron chi connectivity index (χ0n) is 53.6. The number of unbranched alkanes of at least 4 members (excludes halogenated alkanes) is 55. The number of rotatable bonds is 68. The molecular weight excluding hydrogens is 971 g/mol. The smallest absolute Gasteiger partial charge is 0.305 e. The second-order valence-corrected chi connectivity index (χ2v) is 24.9. The Morgan fingerprint density at radius 3 is 0.899 bits per heavy atom. The Balaban J connectivity index is 3.40. The van der Waals surface area contributed by atoms with Gasteiger partial charge >= 0.3 is 5.97 Å². The molecule has 0 spiro atoms. The van der Waals surface area contributed by atoms with Gasteiger partial charge < -0.3 is 20.3 Å². The average Bonchev–Trinajstić information content (AvgIpc) is 3.45. The number of aliphatic hydroxyl groups is 2. The summed E-state index contributed by atoms with van der Waals surface area (Å²) in [6.07, 6.45) is 86.8. The molecule has 0 aromatic rings. The van der Waals surface area contributed by atoms with Crippen LogP contribution in [-0.2, 0) is 14.3 Å². The number of ether oxygens (including phenoxy) is 1. The van der Waals surface area contributed by atoms with Gasteiger partial charge in [0.2, 0.25) is 5.91 Å². The maximum atomic E-state index is 12.5. The summed E-state index contributed by atoms with van der Waals surface area (Å²) >= 11 is 0. The largest absolute Gasteiger partial charge is 0.466 e. The van der Waals surface area contributed by atoms with Crippen molar-refractivity contribution in [1.29, 1.82) is 0 Å². The first-order chi connectivity index (χ1) is 39.0. The summed E-state index contributed by atoms with van der Waals surface area (Å²) in [5, 5.41) is 23.3. The minimum Gasteiger partial charge on any atom is -0.466 e. The van der Waals surface area contributed by atoms with Crippen molar-refractivity contribution < 1.29 is 24.5 Å². The van der Waals surface area contributed by atoms with E-state index in [1.54, 1.807) is 6.08 Å². The number of hydrogen-bond acceptors (Lipinski definition) is 5.